The number of hydrogen-bond donors (Lipinski definition) is 0. The number of nitrogens with zero attached hydrogens (tertiary/aromatic N) is 1. The minimum Gasteiger partial charge on any atom is -0.454 e. The number of carbonyl (C=O) groups excluding carboxylic acids is 2. The first-order valence-electron chi connectivity index (χ1n) is 8.53. The summed E-state index contributed by atoms with van der Waals surface area (Å²) in [5.74, 6) is -0.0211. The van der Waals surface area contributed by atoms with Gasteiger partial charge in [0, 0.05) is 17.3 Å². The Bertz CT molecular complexity index is 765. The highest BCUT2D eigenvalue weighted by atomic mass is 32.2. The molecule has 0 aromatic heterocycles. The summed E-state index contributed by atoms with van der Waals surface area (Å²) in [5, 5.41) is 0. The summed E-state index contributed by atoms with van der Waals surface area (Å²) in [7, 11) is 0. The number of carbonyl (C=O) groups is 2. The molecule has 0 aliphatic carbocycles. The van der Waals surface area contributed by atoms with E-state index >= 15 is 0 Å². The average Bonchev–Trinajstić information content (AvgIpc) is 2.70. The summed E-state index contributed by atoms with van der Waals surface area (Å²) in [6, 6.07) is 17.6. The Labute approximate surface area is 157 Å². The molecule has 0 spiro atoms. The third kappa shape index (κ3) is 4.26. The largest absolute Gasteiger partial charge is 0.454 e. The lowest BCUT2D eigenvalue weighted by atomic mass is 10.1. The van der Waals surface area contributed by atoms with Crippen molar-refractivity contribution in [2.75, 3.05) is 30.5 Å². The SMILES string of the molecule is CCOCC(=O)OCC(=O)N1c2ccccc2SC[C@H]1c1ccccc1. The molecule has 3 rings (SSSR count). The summed E-state index contributed by atoms with van der Waals surface area (Å²) in [6.07, 6.45) is 0. The Morgan fingerprint density at radius 2 is 1.81 bits per heavy atom. The lowest BCUT2D eigenvalue weighted by Crippen LogP contribution is -2.41. The molecule has 2 aromatic carbocycles. The number of benzene rings is 2. The molecule has 0 bridgehead atoms. The van der Waals surface area contributed by atoms with E-state index < -0.39 is 5.97 Å². The molecule has 0 fully saturated rings. The van der Waals surface area contributed by atoms with Crippen molar-refractivity contribution in [2.45, 2.75) is 17.9 Å². The fraction of sp³-hybridized carbons (Fsp3) is 0.300. The molecule has 1 heterocycles. The van der Waals surface area contributed by atoms with Crippen LogP contribution in [0.4, 0.5) is 5.69 Å². The van der Waals surface area contributed by atoms with Crippen LogP contribution in [0, 0.1) is 0 Å². The van der Waals surface area contributed by atoms with Crippen LogP contribution in [0.25, 0.3) is 0 Å². The Morgan fingerprint density at radius 1 is 1.08 bits per heavy atom. The van der Waals surface area contributed by atoms with Gasteiger partial charge in [-0.1, -0.05) is 42.5 Å². The molecule has 5 nitrogen and oxygen atoms in total. The Hall–Kier alpha value is -2.31. The van der Waals surface area contributed by atoms with Crippen molar-refractivity contribution in [1.29, 1.82) is 0 Å². The monoisotopic (exact) mass is 371 g/mol. The van der Waals surface area contributed by atoms with Crippen molar-refractivity contribution in [1.82, 2.24) is 0 Å². The van der Waals surface area contributed by atoms with Crippen molar-refractivity contribution in [3.63, 3.8) is 0 Å². The van der Waals surface area contributed by atoms with Crippen molar-refractivity contribution in [3.05, 3.63) is 60.2 Å². The highest BCUT2D eigenvalue weighted by Crippen LogP contribution is 2.43. The fourth-order valence-electron chi connectivity index (χ4n) is 2.86. The van der Waals surface area contributed by atoms with Crippen molar-refractivity contribution < 1.29 is 19.1 Å². The van der Waals surface area contributed by atoms with E-state index in [1.54, 1.807) is 23.6 Å². The van der Waals surface area contributed by atoms with E-state index in [9.17, 15) is 9.59 Å². The number of esters is 1. The number of anilines is 1. The van der Waals surface area contributed by atoms with E-state index in [0.29, 0.717) is 6.61 Å². The zero-order chi connectivity index (χ0) is 18.4. The zero-order valence-corrected chi connectivity index (χ0v) is 15.4. The van der Waals surface area contributed by atoms with Gasteiger partial charge in [-0.2, -0.15) is 0 Å². The maximum atomic E-state index is 12.9. The molecule has 0 saturated heterocycles. The molecule has 1 aliphatic heterocycles. The number of thioether (sulfide) groups is 1. The average molecular weight is 371 g/mol. The van der Waals surface area contributed by atoms with E-state index in [2.05, 4.69) is 0 Å². The molecule has 0 saturated carbocycles. The van der Waals surface area contributed by atoms with Gasteiger partial charge in [0.05, 0.1) is 11.7 Å². The van der Waals surface area contributed by atoms with Gasteiger partial charge in [0.2, 0.25) is 0 Å². The number of para-hydroxylation sites is 1. The fourth-order valence-corrected chi connectivity index (χ4v) is 4.02. The first-order valence-corrected chi connectivity index (χ1v) is 9.51. The predicted octanol–water partition coefficient (Wildman–Crippen LogP) is 3.45. The third-order valence-electron chi connectivity index (χ3n) is 4.07. The quantitative estimate of drug-likeness (QED) is 0.728. The summed E-state index contributed by atoms with van der Waals surface area (Å²) in [6.45, 7) is 1.79. The predicted molar refractivity (Wildman–Crippen MR) is 101 cm³/mol. The second-order valence-corrected chi connectivity index (χ2v) is 6.83. The van der Waals surface area contributed by atoms with Gasteiger partial charge in [-0.15, -0.1) is 11.8 Å². The first-order chi connectivity index (χ1) is 12.7. The van der Waals surface area contributed by atoms with Gasteiger partial charge < -0.3 is 9.47 Å². The van der Waals surface area contributed by atoms with Gasteiger partial charge in [-0.3, -0.25) is 9.69 Å². The first kappa shape index (κ1) is 18.5. The second-order valence-electron chi connectivity index (χ2n) is 5.77. The summed E-state index contributed by atoms with van der Waals surface area (Å²) in [4.78, 5) is 27.4. The maximum Gasteiger partial charge on any atom is 0.332 e. The summed E-state index contributed by atoms with van der Waals surface area (Å²) in [5.41, 5.74) is 1.91. The molecule has 1 amide bonds. The van der Waals surface area contributed by atoms with E-state index in [0.717, 1.165) is 21.9 Å². The third-order valence-corrected chi connectivity index (χ3v) is 5.21. The van der Waals surface area contributed by atoms with E-state index in [1.807, 2.05) is 54.6 Å². The van der Waals surface area contributed by atoms with Gasteiger partial charge in [-0.25, -0.2) is 4.79 Å². The van der Waals surface area contributed by atoms with Crippen LogP contribution >= 0.6 is 11.8 Å². The Kier molecular flexibility index (Phi) is 6.30. The maximum absolute atomic E-state index is 12.9. The van der Waals surface area contributed by atoms with Crippen molar-refractivity contribution >= 4 is 29.3 Å². The van der Waals surface area contributed by atoms with Crippen LogP contribution in [0.5, 0.6) is 0 Å². The molecular formula is C20H21NO4S. The van der Waals surface area contributed by atoms with Gasteiger partial charge in [-0.05, 0) is 24.6 Å². The number of rotatable bonds is 6. The number of hydrogen-bond acceptors (Lipinski definition) is 5. The topological polar surface area (TPSA) is 55.8 Å². The molecule has 26 heavy (non-hydrogen) atoms. The van der Waals surface area contributed by atoms with Crippen LogP contribution in [0.2, 0.25) is 0 Å². The van der Waals surface area contributed by atoms with Crippen molar-refractivity contribution in [2.24, 2.45) is 0 Å². The molecule has 1 atom stereocenters. The van der Waals surface area contributed by atoms with Gasteiger partial charge in [0.25, 0.3) is 5.91 Å². The Morgan fingerprint density at radius 3 is 2.58 bits per heavy atom. The normalized spacial score (nSPS) is 16.0. The molecule has 136 valence electrons. The molecular weight excluding hydrogens is 350 g/mol. The van der Waals surface area contributed by atoms with Crippen LogP contribution < -0.4 is 4.90 Å². The molecule has 2 aromatic rings. The van der Waals surface area contributed by atoms with Gasteiger partial charge in [0.15, 0.2) is 6.61 Å². The van der Waals surface area contributed by atoms with Gasteiger partial charge in [0.1, 0.15) is 6.61 Å². The van der Waals surface area contributed by atoms with E-state index in [-0.39, 0.29) is 25.2 Å². The van der Waals surface area contributed by atoms with E-state index in [4.69, 9.17) is 9.47 Å². The highest BCUT2D eigenvalue weighted by Gasteiger charge is 2.32. The van der Waals surface area contributed by atoms with Crippen LogP contribution in [-0.2, 0) is 19.1 Å². The second kappa shape index (κ2) is 8.87. The number of fused-ring (bicyclic) bond motifs is 1. The van der Waals surface area contributed by atoms with Crippen LogP contribution in [-0.4, -0.2) is 37.4 Å². The lowest BCUT2D eigenvalue weighted by molar-refractivity contribution is -0.152. The lowest BCUT2D eigenvalue weighted by Gasteiger charge is -2.37. The zero-order valence-electron chi connectivity index (χ0n) is 14.6. The molecule has 0 unspecified atom stereocenters. The highest BCUT2D eigenvalue weighted by molar-refractivity contribution is 7.99. The molecule has 0 N–H and O–H groups in total. The minimum atomic E-state index is -0.531. The van der Waals surface area contributed by atoms with E-state index in [1.165, 1.54) is 0 Å². The smallest absolute Gasteiger partial charge is 0.332 e. The number of ether oxygens (including phenoxy) is 2. The summed E-state index contributed by atoms with van der Waals surface area (Å²) < 4.78 is 10.1. The standard InChI is InChI=1S/C20H21NO4S/c1-2-24-13-20(23)25-12-19(22)21-16-10-6-7-11-18(16)26-14-17(21)15-8-4-3-5-9-15/h3-11,17H,2,12-14H2,1H3/t17-/m0/s1. The molecule has 6 heteroatoms. The minimum absolute atomic E-state index is 0.103. The Balaban J connectivity index is 1.81. The summed E-state index contributed by atoms with van der Waals surface area (Å²) >= 11 is 1.73. The van der Waals surface area contributed by atoms with Crippen LogP contribution in [0.15, 0.2) is 59.5 Å². The van der Waals surface area contributed by atoms with Crippen molar-refractivity contribution in [3.8, 4) is 0 Å². The number of amides is 1. The van der Waals surface area contributed by atoms with Gasteiger partial charge >= 0.3 is 5.97 Å². The van der Waals surface area contributed by atoms with Crippen LogP contribution in [0.1, 0.15) is 18.5 Å². The molecule has 0 radical (unpaired) electrons. The van der Waals surface area contributed by atoms with Crippen LogP contribution in [0.3, 0.4) is 0 Å². The molecule has 1 aliphatic rings.